The van der Waals surface area contributed by atoms with Gasteiger partial charge in [0.25, 0.3) is 0 Å². The Bertz CT molecular complexity index is 83.1. The zero-order chi connectivity index (χ0) is 5.82. The summed E-state index contributed by atoms with van der Waals surface area (Å²) in [6.45, 7) is 6.22. The molecule has 1 aliphatic rings. The normalized spacial score (nSPS) is 17.8. The molecular formula is C6H12ClNO. The Balaban J connectivity index is 0.000000640. The second-order valence-electron chi connectivity index (χ2n) is 1.93. The first-order valence-electron chi connectivity index (χ1n) is 2.85. The van der Waals surface area contributed by atoms with Crippen LogP contribution in [0.3, 0.4) is 0 Å². The van der Waals surface area contributed by atoms with E-state index in [2.05, 4.69) is 11.9 Å². The molecule has 0 aromatic carbocycles. The average Bonchev–Trinajstić information content (AvgIpc) is 1.63. The fourth-order valence-electron chi connectivity index (χ4n) is 0.604. The lowest BCUT2D eigenvalue weighted by Crippen LogP contribution is -2.45. The first-order chi connectivity index (χ1) is 3.93. The van der Waals surface area contributed by atoms with Crippen molar-refractivity contribution in [3.05, 3.63) is 12.7 Å². The first kappa shape index (κ1) is 8.95. The van der Waals surface area contributed by atoms with Gasteiger partial charge in [0, 0.05) is 6.54 Å². The summed E-state index contributed by atoms with van der Waals surface area (Å²) in [7, 11) is 0. The van der Waals surface area contributed by atoms with Crippen LogP contribution in [0.1, 0.15) is 0 Å². The molecule has 1 heterocycles. The van der Waals surface area contributed by atoms with Crippen LogP contribution in [-0.4, -0.2) is 25.8 Å². The standard InChI is InChI=1S/C6H11NO.ClH/c1-2-3-7-6-4-8-5-6;/h2,6-7H,1,3-5H2;1H. The maximum atomic E-state index is 4.94. The van der Waals surface area contributed by atoms with Crippen LogP contribution in [0.4, 0.5) is 0 Å². The van der Waals surface area contributed by atoms with Crippen molar-refractivity contribution in [2.75, 3.05) is 19.8 Å². The fraction of sp³-hybridized carbons (Fsp3) is 0.667. The molecule has 0 unspecified atom stereocenters. The molecule has 9 heavy (non-hydrogen) atoms. The highest BCUT2D eigenvalue weighted by Crippen LogP contribution is 1.97. The molecule has 0 aliphatic carbocycles. The van der Waals surface area contributed by atoms with Crippen molar-refractivity contribution < 1.29 is 4.74 Å². The molecule has 0 saturated carbocycles. The maximum Gasteiger partial charge on any atom is 0.0643 e. The Morgan fingerprint density at radius 1 is 1.67 bits per heavy atom. The maximum absolute atomic E-state index is 4.94. The van der Waals surface area contributed by atoms with Crippen molar-refractivity contribution in [2.45, 2.75) is 6.04 Å². The number of nitrogens with one attached hydrogen (secondary N) is 1. The Morgan fingerprint density at radius 3 is 2.67 bits per heavy atom. The van der Waals surface area contributed by atoms with Crippen molar-refractivity contribution in [1.82, 2.24) is 5.32 Å². The molecule has 3 heteroatoms. The van der Waals surface area contributed by atoms with Gasteiger partial charge in [-0.2, -0.15) is 0 Å². The number of hydrogen-bond acceptors (Lipinski definition) is 2. The molecule has 1 saturated heterocycles. The van der Waals surface area contributed by atoms with Gasteiger partial charge in [0.1, 0.15) is 0 Å². The molecule has 0 amide bonds. The van der Waals surface area contributed by atoms with Crippen LogP contribution in [0.15, 0.2) is 12.7 Å². The highest BCUT2D eigenvalue weighted by atomic mass is 35.5. The average molecular weight is 150 g/mol. The Kier molecular flexibility index (Phi) is 4.77. The van der Waals surface area contributed by atoms with Crippen LogP contribution in [0.25, 0.3) is 0 Å². The SMILES string of the molecule is C=CCNC1COC1.Cl. The van der Waals surface area contributed by atoms with E-state index in [1.54, 1.807) is 0 Å². The zero-order valence-electron chi connectivity index (χ0n) is 5.30. The smallest absolute Gasteiger partial charge is 0.0643 e. The molecule has 1 fully saturated rings. The molecule has 0 aromatic heterocycles. The highest BCUT2D eigenvalue weighted by molar-refractivity contribution is 5.85. The highest BCUT2D eigenvalue weighted by Gasteiger charge is 2.15. The van der Waals surface area contributed by atoms with E-state index in [-0.39, 0.29) is 12.4 Å². The summed E-state index contributed by atoms with van der Waals surface area (Å²) in [6.07, 6.45) is 1.86. The quantitative estimate of drug-likeness (QED) is 0.593. The van der Waals surface area contributed by atoms with Crippen LogP contribution >= 0.6 is 12.4 Å². The van der Waals surface area contributed by atoms with Gasteiger partial charge in [0.2, 0.25) is 0 Å². The van der Waals surface area contributed by atoms with Crippen LogP contribution in [-0.2, 0) is 4.74 Å². The Labute approximate surface area is 61.7 Å². The molecule has 0 bridgehead atoms. The van der Waals surface area contributed by atoms with Crippen LogP contribution in [0.5, 0.6) is 0 Å². The minimum Gasteiger partial charge on any atom is -0.378 e. The molecule has 2 nitrogen and oxygen atoms in total. The first-order valence-corrected chi connectivity index (χ1v) is 2.85. The van der Waals surface area contributed by atoms with Crippen LogP contribution < -0.4 is 5.32 Å². The van der Waals surface area contributed by atoms with E-state index < -0.39 is 0 Å². The monoisotopic (exact) mass is 149 g/mol. The van der Waals surface area contributed by atoms with E-state index in [0.717, 1.165) is 19.8 Å². The predicted octanol–water partition coefficient (Wildman–Crippen LogP) is 0.583. The van der Waals surface area contributed by atoms with Gasteiger partial charge in [-0.15, -0.1) is 19.0 Å². The second-order valence-corrected chi connectivity index (χ2v) is 1.93. The van der Waals surface area contributed by atoms with Gasteiger partial charge >= 0.3 is 0 Å². The number of hydrogen-bond donors (Lipinski definition) is 1. The van der Waals surface area contributed by atoms with Gasteiger partial charge in [0.05, 0.1) is 19.3 Å². The van der Waals surface area contributed by atoms with E-state index in [0.29, 0.717) is 6.04 Å². The largest absolute Gasteiger partial charge is 0.378 e. The number of ether oxygens (including phenoxy) is 1. The van der Waals surface area contributed by atoms with Crippen molar-refractivity contribution in [2.24, 2.45) is 0 Å². The van der Waals surface area contributed by atoms with E-state index in [4.69, 9.17) is 4.74 Å². The Hall–Kier alpha value is -0.0500. The van der Waals surface area contributed by atoms with E-state index in [9.17, 15) is 0 Å². The van der Waals surface area contributed by atoms with Gasteiger partial charge in [-0.1, -0.05) is 6.08 Å². The number of rotatable bonds is 3. The third kappa shape index (κ3) is 2.84. The minimum absolute atomic E-state index is 0. The molecule has 1 rings (SSSR count). The summed E-state index contributed by atoms with van der Waals surface area (Å²) in [5.74, 6) is 0. The van der Waals surface area contributed by atoms with Gasteiger partial charge in [-0.3, -0.25) is 0 Å². The van der Waals surface area contributed by atoms with Gasteiger partial charge in [-0.25, -0.2) is 0 Å². The lowest BCUT2D eigenvalue weighted by molar-refractivity contribution is -0.00344. The van der Waals surface area contributed by atoms with Gasteiger partial charge < -0.3 is 10.1 Å². The summed E-state index contributed by atoms with van der Waals surface area (Å²) in [4.78, 5) is 0. The summed E-state index contributed by atoms with van der Waals surface area (Å²) in [5.41, 5.74) is 0. The van der Waals surface area contributed by atoms with E-state index >= 15 is 0 Å². The van der Waals surface area contributed by atoms with Crippen molar-refractivity contribution >= 4 is 12.4 Å². The minimum atomic E-state index is 0. The third-order valence-corrected chi connectivity index (χ3v) is 1.19. The molecular weight excluding hydrogens is 138 g/mol. The molecule has 54 valence electrons. The lowest BCUT2D eigenvalue weighted by atomic mass is 10.2. The summed E-state index contributed by atoms with van der Waals surface area (Å²) in [6, 6.07) is 0.591. The van der Waals surface area contributed by atoms with Gasteiger partial charge in [-0.05, 0) is 0 Å². The summed E-state index contributed by atoms with van der Waals surface area (Å²) in [5, 5.41) is 3.23. The Morgan fingerprint density at radius 2 is 2.33 bits per heavy atom. The predicted molar refractivity (Wildman–Crippen MR) is 40.1 cm³/mol. The zero-order valence-corrected chi connectivity index (χ0v) is 6.12. The second kappa shape index (κ2) is 4.79. The number of halogens is 1. The lowest BCUT2D eigenvalue weighted by Gasteiger charge is -2.26. The molecule has 0 atom stereocenters. The fourth-order valence-corrected chi connectivity index (χ4v) is 0.604. The molecule has 1 aliphatic heterocycles. The summed E-state index contributed by atoms with van der Waals surface area (Å²) < 4.78 is 4.94. The third-order valence-electron chi connectivity index (χ3n) is 1.19. The van der Waals surface area contributed by atoms with Crippen molar-refractivity contribution in [3.8, 4) is 0 Å². The molecule has 1 N–H and O–H groups in total. The van der Waals surface area contributed by atoms with Gasteiger partial charge in [0.15, 0.2) is 0 Å². The topological polar surface area (TPSA) is 21.3 Å². The van der Waals surface area contributed by atoms with Crippen molar-refractivity contribution in [3.63, 3.8) is 0 Å². The van der Waals surface area contributed by atoms with E-state index in [1.165, 1.54) is 0 Å². The van der Waals surface area contributed by atoms with E-state index in [1.807, 2.05) is 6.08 Å². The summed E-state index contributed by atoms with van der Waals surface area (Å²) >= 11 is 0. The molecule has 0 aromatic rings. The van der Waals surface area contributed by atoms with Crippen molar-refractivity contribution in [1.29, 1.82) is 0 Å². The molecule has 0 radical (unpaired) electrons. The van der Waals surface area contributed by atoms with Crippen LogP contribution in [0.2, 0.25) is 0 Å². The molecule has 0 spiro atoms. The van der Waals surface area contributed by atoms with Crippen LogP contribution in [0, 0.1) is 0 Å².